The number of hydrogen-bond donors (Lipinski definition) is 0. The van der Waals surface area contributed by atoms with Crippen molar-refractivity contribution in [3.05, 3.63) is 151 Å². The number of rotatable bonds is 12. The van der Waals surface area contributed by atoms with Gasteiger partial charge < -0.3 is 0 Å². The number of benzene rings is 5. The van der Waals surface area contributed by atoms with Gasteiger partial charge in [-0.1, -0.05) is 0 Å². The van der Waals surface area contributed by atoms with Crippen LogP contribution in [0.1, 0.15) is 31.4 Å². The molecule has 228 valence electrons. The molecule has 0 amide bonds. The number of carbonyl (C=O) groups is 2. The molecule has 0 aromatic heterocycles. The summed E-state index contributed by atoms with van der Waals surface area (Å²) in [6.07, 6.45) is 5.18. The van der Waals surface area contributed by atoms with Crippen molar-refractivity contribution in [2.75, 3.05) is 6.16 Å². The topological polar surface area (TPSA) is 52.6 Å². The van der Waals surface area contributed by atoms with Gasteiger partial charge in [0.25, 0.3) is 0 Å². The molecule has 0 N–H and O–H groups in total. The van der Waals surface area contributed by atoms with Crippen LogP contribution in [0.5, 0.6) is 11.5 Å². The maximum atomic E-state index is 12.0. The Bertz CT molecular complexity index is 1670. The van der Waals surface area contributed by atoms with E-state index in [0.717, 1.165) is 41.3 Å². The predicted molar refractivity (Wildman–Crippen MR) is 188 cm³/mol. The number of aryl methyl sites for hydroxylation is 1. The van der Waals surface area contributed by atoms with Gasteiger partial charge in [0.1, 0.15) is 0 Å². The fourth-order valence-corrected chi connectivity index (χ4v) is 11.0. The molecular weight excluding hydrogens is 575 g/mol. The summed E-state index contributed by atoms with van der Waals surface area (Å²) in [5.41, 5.74) is 3.69. The smallest absolute Gasteiger partial charge is 0.252 e. The Hall–Kier alpha value is -4.79. The van der Waals surface area contributed by atoms with Crippen molar-refractivity contribution in [1.29, 1.82) is 0 Å². The van der Waals surface area contributed by atoms with Gasteiger partial charge in [-0.3, -0.25) is 4.79 Å². The summed E-state index contributed by atoms with van der Waals surface area (Å²) >= 11 is 0. The minimum Gasteiger partial charge on any atom is -0.252 e. The molecule has 0 unspecified atom stereocenters. The van der Waals surface area contributed by atoms with Crippen LogP contribution in [0.2, 0.25) is 0 Å². The number of allylic oxidation sites excluding steroid dienone is 1. The Morgan fingerprint density at radius 2 is 1.18 bits per heavy atom. The van der Waals surface area contributed by atoms with Gasteiger partial charge in [0.2, 0.25) is 0 Å². The van der Waals surface area contributed by atoms with E-state index >= 15 is 0 Å². The number of ether oxygens (including phenoxy) is 2. The van der Waals surface area contributed by atoms with Crippen molar-refractivity contribution in [3.8, 4) is 22.6 Å². The Kier molecular flexibility index (Phi) is 10.4. The molecule has 0 radical (unpaired) electrons. The van der Waals surface area contributed by atoms with E-state index in [1.807, 2.05) is 18.2 Å². The van der Waals surface area contributed by atoms with Crippen LogP contribution in [0.25, 0.3) is 11.1 Å². The summed E-state index contributed by atoms with van der Waals surface area (Å²) in [7, 11) is -2.34. The summed E-state index contributed by atoms with van der Waals surface area (Å²) in [6.45, 7) is 6.66. The van der Waals surface area contributed by atoms with Crippen LogP contribution in [0, 0.1) is 0 Å². The van der Waals surface area contributed by atoms with Crippen LogP contribution in [-0.4, -0.2) is 18.1 Å². The normalized spacial score (nSPS) is 11.4. The second-order valence-corrected chi connectivity index (χ2v) is 15.2. The summed E-state index contributed by atoms with van der Waals surface area (Å²) in [5.74, 6) is 0.242. The second kappa shape index (κ2) is 14.8. The Morgan fingerprint density at radius 1 is 0.667 bits per heavy atom. The van der Waals surface area contributed by atoms with Crippen molar-refractivity contribution in [2.45, 2.75) is 33.1 Å². The molecule has 5 aromatic rings. The van der Waals surface area contributed by atoms with Crippen molar-refractivity contribution in [3.63, 3.8) is 0 Å². The molecule has 0 saturated heterocycles. The molecule has 4 nitrogen and oxygen atoms in total. The molecule has 0 aliphatic carbocycles. The van der Waals surface area contributed by atoms with Gasteiger partial charge in [0, 0.05) is 6.92 Å². The van der Waals surface area contributed by atoms with Crippen LogP contribution in [-0.2, 0) is 22.4 Å². The minimum atomic E-state index is -2.34. The molecular formula is C40H39O4P. The van der Waals surface area contributed by atoms with E-state index in [0.29, 0.717) is 17.9 Å². The van der Waals surface area contributed by atoms with Crippen molar-refractivity contribution in [1.82, 2.24) is 0 Å². The Balaban J connectivity index is 1.51. The fourth-order valence-electron chi connectivity index (χ4n) is 6.18. The van der Waals surface area contributed by atoms with E-state index in [2.05, 4.69) is 110 Å². The summed E-state index contributed by atoms with van der Waals surface area (Å²) in [6, 6.07) is 44.6. The number of carbonyl (C=O) groups excluding carboxylic acids is 2. The average Bonchev–Trinajstić information content (AvgIpc) is 3.05. The third-order valence-corrected chi connectivity index (χ3v) is 13.2. The van der Waals surface area contributed by atoms with E-state index in [1.165, 1.54) is 29.8 Å². The molecule has 5 heteroatoms. The maximum absolute atomic E-state index is 12.0. The van der Waals surface area contributed by atoms with Crippen molar-refractivity contribution in [2.24, 2.45) is 0 Å². The Labute approximate surface area is 266 Å². The van der Waals surface area contributed by atoms with Gasteiger partial charge in [-0.2, -0.15) is 0 Å². The summed E-state index contributed by atoms with van der Waals surface area (Å²) < 4.78 is 11.1. The first kappa shape index (κ1) is 31.6. The zero-order valence-corrected chi connectivity index (χ0v) is 26.9. The van der Waals surface area contributed by atoms with Crippen LogP contribution < -0.4 is 25.4 Å². The van der Waals surface area contributed by atoms with E-state index in [1.54, 1.807) is 12.1 Å². The van der Waals surface area contributed by atoms with E-state index in [-0.39, 0.29) is 11.9 Å². The van der Waals surface area contributed by atoms with Gasteiger partial charge in [0.15, 0.2) is 0 Å². The van der Waals surface area contributed by atoms with Gasteiger partial charge in [-0.15, -0.1) is 0 Å². The third kappa shape index (κ3) is 7.48. The molecule has 0 fully saturated rings. The van der Waals surface area contributed by atoms with Crippen LogP contribution in [0.15, 0.2) is 140 Å². The van der Waals surface area contributed by atoms with Crippen LogP contribution >= 0.6 is 7.26 Å². The first-order valence-electron chi connectivity index (χ1n) is 15.3. The third-order valence-electron chi connectivity index (χ3n) is 8.10. The molecule has 0 aliphatic rings. The molecule has 5 aromatic carbocycles. The van der Waals surface area contributed by atoms with E-state index < -0.39 is 7.26 Å². The quantitative estimate of drug-likeness (QED) is 0.0629. The first-order valence-corrected chi connectivity index (χ1v) is 17.5. The second-order valence-electron chi connectivity index (χ2n) is 11.2. The van der Waals surface area contributed by atoms with Gasteiger partial charge >= 0.3 is 256 Å². The first-order chi connectivity index (χ1) is 21.9. The number of esters is 2. The minimum absolute atomic E-state index is 0.378. The standard InChI is InChI=1S/C40H39O4P/c1-4-15-34-29-33(24-26-39(34)43-30(2)41)38-28-32(23-25-40(38)44-31(3)42)16-14-27-45(35-17-8-5-9-18-35,36-19-10-6-11-20-36)37-21-12-7-13-22-37/h4-13,17-26,28-29,45H,1,14-16,27H2,2-3H3. The number of hydrogen-bond acceptors (Lipinski definition) is 4. The van der Waals surface area contributed by atoms with Gasteiger partial charge in [-0.25, -0.2) is 0 Å². The van der Waals surface area contributed by atoms with E-state index in [9.17, 15) is 9.59 Å². The molecule has 0 saturated carbocycles. The van der Waals surface area contributed by atoms with Crippen molar-refractivity contribution >= 4 is 35.1 Å². The summed E-state index contributed by atoms with van der Waals surface area (Å²) in [4.78, 5) is 23.7. The molecule has 5 rings (SSSR count). The molecule has 0 spiro atoms. The predicted octanol–water partition coefficient (Wildman–Crippen LogP) is 7.59. The molecule has 45 heavy (non-hydrogen) atoms. The molecule has 0 bridgehead atoms. The van der Waals surface area contributed by atoms with E-state index in [4.69, 9.17) is 9.47 Å². The van der Waals surface area contributed by atoms with Gasteiger partial charge in [-0.05, 0) is 0 Å². The van der Waals surface area contributed by atoms with Crippen LogP contribution in [0.4, 0.5) is 0 Å². The molecule has 0 atom stereocenters. The van der Waals surface area contributed by atoms with Gasteiger partial charge in [0.05, 0.1) is 0 Å². The zero-order chi connectivity index (χ0) is 31.6. The Morgan fingerprint density at radius 3 is 1.69 bits per heavy atom. The molecule has 0 heterocycles. The van der Waals surface area contributed by atoms with Crippen molar-refractivity contribution < 1.29 is 19.1 Å². The fraction of sp³-hybridized carbons (Fsp3) is 0.150. The monoisotopic (exact) mass is 614 g/mol. The SMILES string of the molecule is C=CCc1cc(-c2cc(CCC[PH](c3ccccc3)(c3ccccc3)c3ccccc3)ccc2OC(C)=O)ccc1OC(C)=O. The summed E-state index contributed by atoms with van der Waals surface area (Å²) in [5, 5.41) is 4.20. The van der Waals surface area contributed by atoms with Crippen LogP contribution in [0.3, 0.4) is 0 Å². The zero-order valence-electron chi connectivity index (χ0n) is 25.9. The average molecular weight is 615 g/mol. The molecule has 0 aliphatic heterocycles.